The Morgan fingerprint density at radius 2 is 1.74 bits per heavy atom. The Bertz CT molecular complexity index is 1030. The van der Waals surface area contributed by atoms with E-state index in [0.717, 1.165) is 17.9 Å². The van der Waals surface area contributed by atoms with Crippen LogP contribution in [-0.4, -0.2) is 21.5 Å². The number of hydrogen-bond acceptors (Lipinski definition) is 1. The van der Waals surface area contributed by atoms with Crippen LogP contribution in [0, 0.1) is 26.7 Å². The average molecular weight is 418 g/mol. The molecule has 1 atom stereocenters. The number of rotatable bonds is 7. The first kappa shape index (κ1) is 22.7. The number of aromatic nitrogens is 1. The maximum absolute atomic E-state index is 13.3. The van der Waals surface area contributed by atoms with Crippen LogP contribution in [0.4, 0.5) is 10.5 Å². The second-order valence-electron chi connectivity index (χ2n) is 8.96. The third-order valence-electron chi connectivity index (χ3n) is 6.17. The van der Waals surface area contributed by atoms with Crippen LogP contribution in [0.15, 0.2) is 60.8 Å². The van der Waals surface area contributed by atoms with Gasteiger partial charge in [-0.3, -0.25) is 0 Å². The zero-order valence-electron chi connectivity index (χ0n) is 19.6. The summed E-state index contributed by atoms with van der Waals surface area (Å²) in [5.74, 6) is 0.352. The van der Waals surface area contributed by atoms with Crippen LogP contribution >= 0.6 is 0 Å². The zero-order chi connectivity index (χ0) is 22.5. The lowest BCUT2D eigenvalue weighted by atomic mass is 10.0. The number of carbonyl (C=O) groups is 1. The molecule has 0 fully saturated rings. The van der Waals surface area contributed by atoms with E-state index in [4.69, 9.17) is 0 Å². The molecule has 4 nitrogen and oxygen atoms in total. The predicted molar refractivity (Wildman–Crippen MR) is 129 cm³/mol. The molecule has 0 spiro atoms. The van der Waals surface area contributed by atoms with Gasteiger partial charge in [0.2, 0.25) is 0 Å². The molecular weight excluding hydrogens is 382 g/mol. The van der Waals surface area contributed by atoms with E-state index in [0.29, 0.717) is 12.5 Å². The monoisotopic (exact) mass is 417 g/mol. The second-order valence-corrected chi connectivity index (χ2v) is 8.96. The van der Waals surface area contributed by atoms with Gasteiger partial charge in [-0.2, -0.15) is 0 Å². The van der Waals surface area contributed by atoms with Gasteiger partial charge < -0.3 is 14.8 Å². The first-order chi connectivity index (χ1) is 14.7. The Balaban J connectivity index is 1.81. The van der Waals surface area contributed by atoms with Gasteiger partial charge in [-0.15, -0.1) is 0 Å². The number of nitrogens with one attached hydrogen (secondary N) is 1. The summed E-state index contributed by atoms with van der Waals surface area (Å²) in [6, 6.07) is 18.8. The van der Waals surface area contributed by atoms with Gasteiger partial charge in [0.15, 0.2) is 0 Å². The highest BCUT2D eigenvalue weighted by Gasteiger charge is 2.24. The summed E-state index contributed by atoms with van der Waals surface area (Å²) < 4.78 is 2.23. The molecule has 0 radical (unpaired) electrons. The van der Waals surface area contributed by atoms with Crippen molar-refractivity contribution < 1.29 is 4.79 Å². The van der Waals surface area contributed by atoms with Crippen LogP contribution in [-0.2, 0) is 13.1 Å². The molecule has 3 rings (SSSR count). The minimum Gasteiger partial charge on any atom is -0.345 e. The second kappa shape index (κ2) is 9.86. The molecule has 0 unspecified atom stereocenters. The molecule has 0 bridgehead atoms. The van der Waals surface area contributed by atoms with Gasteiger partial charge in [-0.05, 0) is 74.6 Å². The van der Waals surface area contributed by atoms with Gasteiger partial charge in [0, 0.05) is 30.2 Å². The third-order valence-corrected chi connectivity index (χ3v) is 6.17. The summed E-state index contributed by atoms with van der Waals surface area (Å²) in [7, 11) is 0. The molecule has 2 aromatic carbocycles. The lowest BCUT2D eigenvalue weighted by Crippen LogP contribution is -2.43. The Labute approximate surface area is 186 Å². The highest BCUT2D eigenvalue weighted by molar-refractivity contribution is 5.89. The average Bonchev–Trinajstić information content (AvgIpc) is 3.15. The molecule has 2 amide bonds. The highest BCUT2D eigenvalue weighted by Crippen LogP contribution is 2.20. The molecule has 0 aliphatic heterocycles. The first-order valence-electron chi connectivity index (χ1n) is 11.1. The quantitative estimate of drug-likeness (QED) is 0.465. The maximum atomic E-state index is 13.3. The largest absolute Gasteiger partial charge is 0.345 e. The fourth-order valence-electron chi connectivity index (χ4n) is 3.70. The molecule has 1 N–H and O–H groups in total. The fraction of sp³-hybridized carbons (Fsp3) is 0.370. The van der Waals surface area contributed by atoms with E-state index in [1.54, 1.807) is 0 Å². The van der Waals surface area contributed by atoms with E-state index in [9.17, 15) is 4.79 Å². The number of benzene rings is 2. The molecule has 31 heavy (non-hydrogen) atoms. The molecule has 0 aliphatic carbocycles. The normalized spacial score (nSPS) is 12.1. The van der Waals surface area contributed by atoms with Crippen molar-refractivity contribution in [2.24, 2.45) is 5.92 Å². The van der Waals surface area contributed by atoms with Crippen LogP contribution in [0.25, 0.3) is 0 Å². The summed E-state index contributed by atoms with van der Waals surface area (Å²) in [6.07, 6.45) is 2.09. The fourth-order valence-corrected chi connectivity index (χ4v) is 3.70. The predicted octanol–water partition coefficient (Wildman–Crippen LogP) is 6.54. The van der Waals surface area contributed by atoms with E-state index in [2.05, 4.69) is 94.0 Å². The molecule has 0 saturated heterocycles. The lowest BCUT2D eigenvalue weighted by Gasteiger charge is -2.32. The molecule has 164 valence electrons. The van der Waals surface area contributed by atoms with Gasteiger partial charge in [-0.25, -0.2) is 4.79 Å². The van der Waals surface area contributed by atoms with E-state index in [1.165, 1.54) is 22.3 Å². The zero-order valence-corrected chi connectivity index (χ0v) is 19.6. The van der Waals surface area contributed by atoms with Crippen molar-refractivity contribution in [3.8, 4) is 0 Å². The summed E-state index contributed by atoms with van der Waals surface area (Å²) in [5.41, 5.74) is 6.88. The minimum atomic E-state index is -0.0623. The van der Waals surface area contributed by atoms with Crippen molar-refractivity contribution in [1.82, 2.24) is 9.47 Å². The number of carbonyl (C=O) groups excluding carboxylic acids is 1. The van der Waals surface area contributed by atoms with Gasteiger partial charge in [0.1, 0.15) is 0 Å². The molecule has 1 aromatic heterocycles. The third kappa shape index (κ3) is 5.78. The maximum Gasteiger partial charge on any atom is 0.322 e. The van der Waals surface area contributed by atoms with Gasteiger partial charge in [-0.1, -0.05) is 49.7 Å². The van der Waals surface area contributed by atoms with E-state index >= 15 is 0 Å². The highest BCUT2D eigenvalue weighted by atomic mass is 16.2. The minimum absolute atomic E-state index is 0.0623. The van der Waals surface area contributed by atoms with E-state index in [-0.39, 0.29) is 12.1 Å². The summed E-state index contributed by atoms with van der Waals surface area (Å²) >= 11 is 0. The van der Waals surface area contributed by atoms with Crippen molar-refractivity contribution in [2.75, 3.05) is 5.32 Å². The number of nitrogens with zero attached hydrogens (tertiary/aromatic N) is 2. The van der Waals surface area contributed by atoms with Crippen molar-refractivity contribution >= 4 is 11.7 Å². The van der Waals surface area contributed by atoms with Crippen molar-refractivity contribution in [3.05, 3.63) is 88.7 Å². The number of urea groups is 1. The Hall–Kier alpha value is -3.01. The molecule has 4 heteroatoms. The van der Waals surface area contributed by atoms with Crippen LogP contribution in [0.5, 0.6) is 0 Å². The summed E-state index contributed by atoms with van der Waals surface area (Å²) in [4.78, 5) is 15.2. The Kier molecular flexibility index (Phi) is 7.21. The van der Waals surface area contributed by atoms with Crippen LogP contribution in [0.2, 0.25) is 0 Å². The van der Waals surface area contributed by atoms with Gasteiger partial charge >= 0.3 is 6.03 Å². The molecule has 0 aliphatic rings. The van der Waals surface area contributed by atoms with E-state index in [1.807, 2.05) is 23.1 Å². The Morgan fingerprint density at radius 3 is 2.42 bits per heavy atom. The van der Waals surface area contributed by atoms with Crippen molar-refractivity contribution in [2.45, 2.75) is 60.7 Å². The number of amides is 2. The standard InChI is InChI=1S/C27H35N3O/c1-19(2)23(6)30(27(31)28-25-13-12-21(4)22(5)16-25)18-26-11-8-14-29(26)17-24-10-7-9-20(3)15-24/h7-16,19,23H,17-18H2,1-6H3,(H,28,31)/t23-/m1/s1. The SMILES string of the molecule is Cc1cccc(Cn2cccc2CN(C(=O)Nc2ccc(C)c(C)c2)[C@H](C)C(C)C)c1. The van der Waals surface area contributed by atoms with Crippen LogP contribution in [0.1, 0.15) is 48.7 Å². The topological polar surface area (TPSA) is 37.3 Å². The number of hydrogen-bond donors (Lipinski definition) is 1. The summed E-state index contributed by atoms with van der Waals surface area (Å²) in [5, 5.41) is 3.11. The molecule has 3 aromatic rings. The molecule has 0 saturated carbocycles. The van der Waals surface area contributed by atoms with Crippen LogP contribution in [0.3, 0.4) is 0 Å². The molecular formula is C27H35N3O. The first-order valence-corrected chi connectivity index (χ1v) is 11.1. The smallest absolute Gasteiger partial charge is 0.322 e. The number of aryl methyl sites for hydroxylation is 3. The Morgan fingerprint density at radius 1 is 0.968 bits per heavy atom. The van der Waals surface area contributed by atoms with Crippen molar-refractivity contribution in [1.29, 1.82) is 0 Å². The summed E-state index contributed by atoms with van der Waals surface area (Å²) in [6.45, 7) is 14.1. The molecule has 1 heterocycles. The van der Waals surface area contributed by atoms with Crippen molar-refractivity contribution in [3.63, 3.8) is 0 Å². The number of anilines is 1. The van der Waals surface area contributed by atoms with Gasteiger partial charge in [0.25, 0.3) is 0 Å². The van der Waals surface area contributed by atoms with E-state index < -0.39 is 0 Å². The van der Waals surface area contributed by atoms with Crippen LogP contribution < -0.4 is 5.32 Å². The van der Waals surface area contributed by atoms with Gasteiger partial charge in [0.05, 0.1) is 6.54 Å². The lowest BCUT2D eigenvalue weighted by molar-refractivity contribution is 0.168.